The summed E-state index contributed by atoms with van der Waals surface area (Å²) < 4.78 is 2.59. The number of aliphatic carboxylic acids is 1. The summed E-state index contributed by atoms with van der Waals surface area (Å²) in [6.45, 7) is 5.57. The second kappa shape index (κ2) is 7.60. The van der Waals surface area contributed by atoms with Crippen LogP contribution in [0.2, 0.25) is 0 Å². The molecule has 134 valence electrons. The Labute approximate surface area is 143 Å². The summed E-state index contributed by atoms with van der Waals surface area (Å²) in [6, 6.07) is 1.32. The van der Waals surface area contributed by atoms with Crippen molar-refractivity contribution in [1.29, 1.82) is 0 Å². The van der Waals surface area contributed by atoms with E-state index < -0.39 is 24.3 Å². The topological polar surface area (TPSA) is 131 Å². The first-order valence-corrected chi connectivity index (χ1v) is 7.75. The summed E-state index contributed by atoms with van der Waals surface area (Å²) in [6.07, 6.45) is 2.88. The number of hydrogen-bond acceptors (Lipinski definition) is 5. The molecular formula is C15H20N6O4. The van der Waals surface area contributed by atoms with E-state index in [0.29, 0.717) is 6.54 Å². The Morgan fingerprint density at radius 1 is 1.28 bits per heavy atom. The van der Waals surface area contributed by atoms with E-state index in [1.807, 2.05) is 20.8 Å². The van der Waals surface area contributed by atoms with Crippen molar-refractivity contribution in [3.05, 3.63) is 29.8 Å². The average Bonchev–Trinajstić information content (AvgIpc) is 3.12. The molecule has 10 heteroatoms. The molecule has 0 radical (unpaired) electrons. The van der Waals surface area contributed by atoms with Gasteiger partial charge in [-0.1, -0.05) is 0 Å². The number of carboxylic acids is 1. The van der Waals surface area contributed by atoms with Crippen LogP contribution in [0.5, 0.6) is 0 Å². The Hall–Kier alpha value is -3.17. The molecule has 0 saturated carbocycles. The third-order valence-corrected chi connectivity index (χ3v) is 3.20. The molecule has 0 bridgehead atoms. The molecular weight excluding hydrogens is 328 g/mol. The molecule has 2 amide bonds. The highest BCUT2D eigenvalue weighted by atomic mass is 16.4. The van der Waals surface area contributed by atoms with Crippen LogP contribution in [0, 0.1) is 0 Å². The zero-order valence-electron chi connectivity index (χ0n) is 14.2. The Bertz CT molecular complexity index is 792. The van der Waals surface area contributed by atoms with Gasteiger partial charge in [-0.3, -0.25) is 19.1 Å². The highest BCUT2D eigenvalue weighted by Crippen LogP contribution is 2.16. The minimum absolute atomic E-state index is 0.0712. The van der Waals surface area contributed by atoms with Gasteiger partial charge < -0.3 is 15.7 Å². The van der Waals surface area contributed by atoms with E-state index in [1.165, 1.54) is 16.9 Å². The van der Waals surface area contributed by atoms with Crippen molar-refractivity contribution in [2.24, 2.45) is 0 Å². The van der Waals surface area contributed by atoms with E-state index >= 15 is 0 Å². The zero-order valence-corrected chi connectivity index (χ0v) is 14.2. The van der Waals surface area contributed by atoms with Gasteiger partial charge >= 0.3 is 5.97 Å². The van der Waals surface area contributed by atoms with Gasteiger partial charge in [-0.2, -0.15) is 10.2 Å². The highest BCUT2D eigenvalue weighted by Gasteiger charge is 2.21. The molecule has 3 N–H and O–H groups in total. The molecule has 0 aromatic carbocycles. The largest absolute Gasteiger partial charge is 0.480 e. The quantitative estimate of drug-likeness (QED) is 0.670. The Morgan fingerprint density at radius 2 is 2.00 bits per heavy atom. The fourth-order valence-electron chi connectivity index (χ4n) is 2.14. The molecule has 2 rings (SSSR count). The first-order chi connectivity index (χ1) is 11.8. The van der Waals surface area contributed by atoms with Gasteiger partial charge in [-0.05, 0) is 26.8 Å². The number of hydrogen-bond donors (Lipinski definition) is 3. The van der Waals surface area contributed by atoms with Gasteiger partial charge in [-0.15, -0.1) is 0 Å². The van der Waals surface area contributed by atoms with Gasteiger partial charge in [0, 0.05) is 25.0 Å². The van der Waals surface area contributed by atoms with Crippen LogP contribution < -0.4 is 10.6 Å². The van der Waals surface area contributed by atoms with Crippen molar-refractivity contribution in [1.82, 2.24) is 24.9 Å². The van der Waals surface area contributed by atoms with Crippen molar-refractivity contribution in [2.75, 3.05) is 5.32 Å². The minimum Gasteiger partial charge on any atom is -0.480 e. The maximum Gasteiger partial charge on any atom is 0.325 e. The third-order valence-electron chi connectivity index (χ3n) is 3.20. The first-order valence-electron chi connectivity index (χ1n) is 7.75. The van der Waals surface area contributed by atoms with Crippen molar-refractivity contribution in [3.8, 4) is 0 Å². The fraction of sp³-hybridized carbons (Fsp3) is 0.400. The number of carbonyl (C=O) groups is 3. The summed E-state index contributed by atoms with van der Waals surface area (Å²) in [7, 11) is 0. The summed E-state index contributed by atoms with van der Waals surface area (Å²) in [4.78, 5) is 35.5. The van der Waals surface area contributed by atoms with E-state index in [9.17, 15) is 14.4 Å². The van der Waals surface area contributed by atoms with Crippen LogP contribution in [0.3, 0.4) is 0 Å². The van der Waals surface area contributed by atoms with Crippen molar-refractivity contribution < 1.29 is 19.5 Å². The van der Waals surface area contributed by atoms with Crippen LogP contribution in [0.4, 0.5) is 5.69 Å². The fourth-order valence-corrected chi connectivity index (χ4v) is 2.14. The number of anilines is 1. The van der Waals surface area contributed by atoms with Gasteiger partial charge in [0.25, 0.3) is 11.8 Å². The maximum atomic E-state index is 12.4. The second-order valence-electron chi connectivity index (χ2n) is 5.60. The molecule has 25 heavy (non-hydrogen) atoms. The summed E-state index contributed by atoms with van der Waals surface area (Å²) in [5, 5.41) is 22.2. The number of aryl methyl sites for hydroxylation is 1. The van der Waals surface area contributed by atoms with Gasteiger partial charge in [0.05, 0.1) is 5.69 Å². The highest BCUT2D eigenvalue weighted by molar-refractivity contribution is 6.07. The lowest BCUT2D eigenvalue weighted by atomic mass is 10.3. The third kappa shape index (κ3) is 4.43. The number of aromatic nitrogens is 4. The molecule has 0 fully saturated rings. The molecule has 0 atom stereocenters. The number of amides is 2. The smallest absolute Gasteiger partial charge is 0.325 e. The lowest BCUT2D eigenvalue weighted by molar-refractivity contribution is -0.137. The molecule has 2 heterocycles. The number of carbonyl (C=O) groups excluding carboxylic acids is 2. The van der Waals surface area contributed by atoms with Crippen molar-refractivity contribution >= 4 is 23.5 Å². The maximum absolute atomic E-state index is 12.4. The molecule has 2 aromatic rings. The molecule has 2 aromatic heterocycles. The predicted octanol–water partition coefficient (Wildman–Crippen LogP) is 0.575. The van der Waals surface area contributed by atoms with Crippen molar-refractivity contribution in [3.63, 3.8) is 0 Å². The van der Waals surface area contributed by atoms with Crippen molar-refractivity contribution in [2.45, 2.75) is 39.9 Å². The number of carboxylic acid groups (broad SMARTS) is 1. The van der Waals surface area contributed by atoms with E-state index in [-0.39, 0.29) is 23.1 Å². The SMILES string of the molecule is CCn1cc(NC(=O)c2ccnn2CC(=O)O)c(C(=O)NC(C)C)n1. The minimum atomic E-state index is -1.12. The van der Waals surface area contributed by atoms with E-state index in [0.717, 1.165) is 4.68 Å². The number of rotatable bonds is 7. The molecule has 0 saturated heterocycles. The Balaban J connectivity index is 2.26. The summed E-state index contributed by atoms with van der Waals surface area (Å²) in [5.41, 5.74) is 0.406. The Morgan fingerprint density at radius 3 is 2.60 bits per heavy atom. The van der Waals surface area contributed by atoms with Gasteiger partial charge in [-0.25, -0.2) is 4.68 Å². The molecule has 0 unspecified atom stereocenters. The van der Waals surface area contributed by atoms with Crippen LogP contribution >= 0.6 is 0 Å². The predicted molar refractivity (Wildman–Crippen MR) is 88.3 cm³/mol. The first kappa shape index (κ1) is 18.2. The van der Waals surface area contributed by atoms with Crippen LogP contribution in [-0.4, -0.2) is 48.5 Å². The van der Waals surface area contributed by atoms with E-state index in [1.54, 1.807) is 6.20 Å². The molecule has 0 spiro atoms. The Kier molecular flexibility index (Phi) is 5.52. The van der Waals surface area contributed by atoms with Crippen LogP contribution in [0.15, 0.2) is 18.5 Å². The monoisotopic (exact) mass is 348 g/mol. The molecule has 10 nitrogen and oxygen atoms in total. The molecule has 0 aliphatic carbocycles. The van der Waals surface area contributed by atoms with Crippen LogP contribution in [-0.2, 0) is 17.9 Å². The lowest BCUT2D eigenvalue weighted by Gasteiger charge is -2.09. The average molecular weight is 348 g/mol. The van der Waals surface area contributed by atoms with Gasteiger partial charge in [0.15, 0.2) is 5.69 Å². The number of nitrogens with one attached hydrogen (secondary N) is 2. The van der Waals surface area contributed by atoms with Crippen LogP contribution in [0.25, 0.3) is 0 Å². The zero-order chi connectivity index (χ0) is 18.6. The van der Waals surface area contributed by atoms with E-state index in [2.05, 4.69) is 20.8 Å². The lowest BCUT2D eigenvalue weighted by Crippen LogP contribution is -2.31. The van der Waals surface area contributed by atoms with Crippen LogP contribution in [0.1, 0.15) is 41.7 Å². The normalized spacial score (nSPS) is 10.7. The number of nitrogens with zero attached hydrogens (tertiary/aromatic N) is 4. The standard InChI is InChI=1S/C15H20N6O4/c1-4-20-7-10(13(19-20)15(25)17-9(2)3)18-14(24)11-5-6-16-21(11)8-12(22)23/h5-7,9H,4,8H2,1-3H3,(H,17,25)(H,18,24)(H,22,23). The second-order valence-corrected chi connectivity index (χ2v) is 5.60. The summed E-state index contributed by atoms with van der Waals surface area (Å²) in [5.74, 6) is -2.10. The van der Waals surface area contributed by atoms with E-state index in [4.69, 9.17) is 5.11 Å². The molecule has 0 aliphatic rings. The molecule has 0 aliphatic heterocycles. The van der Waals surface area contributed by atoms with Gasteiger partial charge in [0.1, 0.15) is 12.2 Å². The van der Waals surface area contributed by atoms with Gasteiger partial charge in [0.2, 0.25) is 0 Å². The summed E-state index contributed by atoms with van der Waals surface area (Å²) >= 11 is 0.